The minimum atomic E-state index is 0.0111. The van der Waals surface area contributed by atoms with Gasteiger partial charge >= 0.3 is 0 Å². The first kappa shape index (κ1) is 19.3. The number of benzene rings is 1. The van der Waals surface area contributed by atoms with Crippen molar-refractivity contribution >= 4 is 5.78 Å². The van der Waals surface area contributed by atoms with Crippen LogP contribution in [-0.4, -0.2) is 38.0 Å². The molecule has 4 nitrogen and oxygen atoms in total. The second-order valence-corrected chi connectivity index (χ2v) is 8.42. The third-order valence-corrected chi connectivity index (χ3v) is 6.70. The van der Waals surface area contributed by atoms with Gasteiger partial charge in [-0.05, 0) is 56.3 Å². The van der Waals surface area contributed by atoms with Gasteiger partial charge in [0.05, 0.1) is 14.2 Å². The summed E-state index contributed by atoms with van der Waals surface area (Å²) in [5, 5.41) is 0. The van der Waals surface area contributed by atoms with Crippen LogP contribution in [0.25, 0.3) is 0 Å². The van der Waals surface area contributed by atoms with Gasteiger partial charge in [0.25, 0.3) is 0 Å². The fourth-order valence-electron chi connectivity index (χ4n) is 5.10. The maximum atomic E-state index is 13.0. The Bertz CT molecular complexity index is 759. The minimum Gasteiger partial charge on any atom is -0.497 e. The summed E-state index contributed by atoms with van der Waals surface area (Å²) in [5.41, 5.74) is 2.63. The van der Waals surface area contributed by atoms with Crippen molar-refractivity contribution in [3.05, 3.63) is 59.1 Å². The molecule has 4 rings (SSSR count). The van der Waals surface area contributed by atoms with Crippen LogP contribution in [0.3, 0.4) is 0 Å². The highest BCUT2D eigenvalue weighted by atomic mass is 16.5. The summed E-state index contributed by atoms with van der Waals surface area (Å²) in [6.07, 6.45) is 7.05. The molecule has 0 amide bonds. The smallest absolute Gasteiger partial charge is 0.156 e. The van der Waals surface area contributed by atoms with E-state index in [0.29, 0.717) is 18.1 Å². The minimum absolute atomic E-state index is 0.0111. The number of allylic oxidation sites excluding steroid dienone is 3. The lowest BCUT2D eigenvalue weighted by atomic mass is 9.85. The molecule has 150 valence electrons. The van der Waals surface area contributed by atoms with Crippen molar-refractivity contribution in [2.45, 2.75) is 38.6 Å². The molecule has 0 N–H and O–H groups in total. The molecule has 2 unspecified atom stereocenters. The highest BCUT2D eigenvalue weighted by Crippen LogP contribution is 2.44. The molecular formula is C24H31NO3. The van der Waals surface area contributed by atoms with Gasteiger partial charge in [-0.1, -0.05) is 35.9 Å². The molecule has 0 bridgehead atoms. The standard InChI is InChI=1S/C24H31NO3/c1-27-22-14-19-13-20(24(26)21(19)15-23(22)28-2)12-17-8-10-25(11-9-17)16-18-6-4-3-5-7-18/h3-7,14,17,20-21H,8-13,15-16H2,1-2H3. The second-order valence-electron chi connectivity index (χ2n) is 8.42. The zero-order valence-electron chi connectivity index (χ0n) is 17.0. The third kappa shape index (κ3) is 4.02. The molecule has 28 heavy (non-hydrogen) atoms. The highest BCUT2D eigenvalue weighted by Gasteiger charge is 2.42. The molecule has 3 aliphatic rings. The summed E-state index contributed by atoms with van der Waals surface area (Å²) in [4.78, 5) is 15.6. The summed E-state index contributed by atoms with van der Waals surface area (Å²) < 4.78 is 10.9. The molecule has 1 aliphatic heterocycles. The van der Waals surface area contributed by atoms with Gasteiger partial charge in [-0.2, -0.15) is 0 Å². The van der Waals surface area contributed by atoms with E-state index in [-0.39, 0.29) is 11.8 Å². The van der Waals surface area contributed by atoms with Gasteiger partial charge in [-0.25, -0.2) is 0 Å². The van der Waals surface area contributed by atoms with Crippen LogP contribution in [0.1, 0.15) is 37.7 Å². The third-order valence-electron chi connectivity index (χ3n) is 6.70. The number of carbonyl (C=O) groups is 1. The van der Waals surface area contributed by atoms with Crippen LogP contribution in [0.2, 0.25) is 0 Å². The van der Waals surface area contributed by atoms with Gasteiger partial charge in [-0.3, -0.25) is 9.69 Å². The van der Waals surface area contributed by atoms with Crippen molar-refractivity contribution in [1.82, 2.24) is 4.90 Å². The van der Waals surface area contributed by atoms with E-state index in [1.165, 1.54) is 24.0 Å². The summed E-state index contributed by atoms with van der Waals surface area (Å²) in [7, 11) is 3.33. The second kappa shape index (κ2) is 8.52. The largest absolute Gasteiger partial charge is 0.497 e. The van der Waals surface area contributed by atoms with Gasteiger partial charge in [-0.15, -0.1) is 0 Å². The maximum Gasteiger partial charge on any atom is 0.156 e. The van der Waals surface area contributed by atoms with Gasteiger partial charge in [0.1, 0.15) is 11.5 Å². The van der Waals surface area contributed by atoms with Gasteiger partial charge in [0, 0.05) is 24.8 Å². The van der Waals surface area contributed by atoms with Crippen molar-refractivity contribution in [2.75, 3.05) is 27.3 Å². The predicted molar refractivity (Wildman–Crippen MR) is 109 cm³/mol. The average Bonchev–Trinajstić information content (AvgIpc) is 3.03. The molecule has 1 aromatic rings. The Hall–Kier alpha value is -2.07. The van der Waals surface area contributed by atoms with E-state index in [0.717, 1.165) is 44.0 Å². The molecule has 1 saturated carbocycles. The lowest BCUT2D eigenvalue weighted by molar-refractivity contribution is -0.124. The van der Waals surface area contributed by atoms with E-state index in [2.05, 4.69) is 35.2 Å². The number of hydrogen-bond donors (Lipinski definition) is 0. The molecule has 4 heteroatoms. The Morgan fingerprint density at radius 3 is 2.46 bits per heavy atom. The molecule has 0 radical (unpaired) electrons. The molecule has 1 heterocycles. The number of piperidine rings is 1. The highest BCUT2D eigenvalue weighted by molar-refractivity contribution is 5.90. The number of Topliss-reactive ketones (excluding diaryl/α,β-unsaturated/α-hetero) is 1. The normalized spacial score (nSPS) is 26.2. The van der Waals surface area contributed by atoms with Gasteiger partial charge < -0.3 is 9.47 Å². The molecule has 1 aromatic carbocycles. The number of carbonyl (C=O) groups excluding carboxylic acids is 1. The van der Waals surface area contributed by atoms with E-state index < -0.39 is 0 Å². The SMILES string of the molecule is COC1=C(OC)CC2C(=O)C(CC3CCN(Cc4ccccc4)CC3)CC2=C1. The van der Waals surface area contributed by atoms with Crippen LogP contribution in [0.5, 0.6) is 0 Å². The fraction of sp³-hybridized carbons (Fsp3) is 0.542. The number of methoxy groups -OCH3 is 2. The summed E-state index contributed by atoms with van der Waals surface area (Å²) in [6.45, 7) is 3.31. The Morgan fingerprint density at radius 2 is 1.79 bits per heavy atom. The number of likely N-dealkylation sites (tertiary alicyclic amines) is 1. The number of nitrogens with zero attached hydrogens (tertiary/aromatic N) is 1. The number of fused-ring (bicyclic) bond motifs is 1. The van der Waals surface area contributed by atoms with E-state index in [1.807, 2.05) is 6.08 Å². The molecular weight excluding hydrogens is 350 g/mol. The van der Waals surface area contributed by atoms with Crippen molar-refractivity contribution in [3.63, 3.8) is 0 Å². The molecule has 2 atom stereocenters. The van der Waals surface area contributed by atoms with Crippen LogP contribution in [0.4, 0.5) is 0 Å². The van der Waals surface area contributed by atoms with Crippen molar-refractivity contribution in [2.24, 2.45) is 17.8 Å². The number of hydrogen-bond acceptors (Lipinski definition) is 4. The summed E-state index contributed by atoms with van der Waals surface area (Å²) in [6, 6.07) is 10.7. The summed E-state index contributed by atoms with van der Waals surface area (Å²) >= 11 is 0. The average molecular weight is 382 g/mol. The quantitative estimate of drug-likeness (QED) is 0.735. The molecule has 0 spiro atoms. The Morgan fingerprint density at radius 1 is 1.04 bits per heavy atom. The monoisotopic (exact) mass is 381 g/mol. The first-order valence-corrected chi connectivity index (χ1v) is 10.5. The topological polar surface area (TPSA) is 38.8 Å². The van der Waals surface area contributed by atoms with Gasteiger partial charge in [0.2, 0.25) is 0 Å². The Balaban J connectivity index is 1.30. The maximum absolute atomic E-state index is 13.0. The lowest BCUT2D eigenvalue weighted by Crippen LogP contribution is -2.34. The van der Waals surface area contributed by atoms with E-state index in [9.17, 15) is 4.79 Å². The number of ether oxygens (including phenoxy) is 2. The molecule has 1 saturated heterocycles. The van der Waals surface area contributed by atoms with Crippen molar-refractivity contribution in [3.8, 4) is 0 Å². The molecule has 2 aliphatic carbocycles. The lowest BCUT2D eigenvalue weighted by Gasteiger charge is -2.33. The zero-order chi connectivity index (χ0) is 19.5. The molecule has 0 aromatic heterocycles. The van der Waals surface area contributed by atoms with E-state index >= 15 is 0 Å². The predicted octanol–water partition coefficient (Wildman–Crippen LogP) is 4.33. The Kier molecular flexibility index (Phi) is 5.86. The van der Waals surface area contributed by atoms with E-state index in [4.69, 9.17) is 9.47 Å². The first-order valence-electron chi connectivity index (χ1n) is 10.5. The number of ketones is 1. The van der Waals surface area contributed by atoms with E-state index in [1.54, 1.807) is 14.2 Å². The van der Waals surface area contributed by atoms with Crippen LogP contribution in [0.15, 0.2) is 53.5 Å². The molecule has 2 fully saturated rings. The van der Waals surface area contributed by atoms with Gasteiger partial charge in [0.15, 0.2) is 5.76 Å². The van der Waals surface area contributed by atoms with Crippen molar-refractivity contribution < 1.29 is 14.3 Å². The van der Waals surface area contributed by atoms with Crippen LogP contribution in [-0.2, 0) is 20.8 Å². The van der Waals surface area contributed by atoms with Crippen LogP contribution in [0, 0.1) is 17.8 Å². The zero-order valence-corrected chi connectivity index (χ0v) is 17.0. The fourth-order valence-corrected chi connectivity index (χ4v) is 5.10. The first-order chi connectivity index (χ1) is 13.7. The van der Waals surface area contributed by atoms with Crippen molar-refractivity contribution in [1.29, 1.82) is 0 Å². The summed E-state index contributed by atoms with van der Waals surface area (Å²) in [5.74, 6) is 2.87. The Labute approximate surface area is 168 Å². The van der Waals surface area contributed by atoms with Crippen LogP contribution < -0.4 is 0 Å². The van der Waals surface area contributed by atoms with Crippen LogP contribution >= 0.6 is 0 Å². The number of rotatable bonds is 6.